The summed E-state index contributed by atoms with van der Waals surface area (Å²) in [6.45, 7) is 7.33. The zero-order chi connectivity index (χ0) is 20.5. The first kappa shape index (κ1) is 21.2. The van der Waals surface area contributed by atoms with E-state index in [1.54, 1.807) is 0 Å². The molecule has 29 heavy (non-hydrogen) atoms. The first-order chi connectivity index (χ1) is 14.1. The number of nitrogens with zero attached hydrogens (tertiary/aromatic N) is 1. The lowest BCUT2D eigenvalue weighted by Gasteiger charge is -2.19. The minimum Gasteiger partial charge on any atom is -0.491 e. The number of amides is 1. The van der Waals surface area contributed by atoms with E-state index in [1.165, 1.54) is 31.2 Å². The van der Waals surface area contributed by atoms with Crippen LogP contribution >= 0.6 is 0 Å². The predicted octanol–water partition coefficient (Wildman–Crippen LogP) is 4.90. The molecular weight excluding hydrogens is 362 g/mol. The van der Waals surface area contributed by atoms with Gasteiger partial charge in [0.1, 0.15) is 5.75 Å². The number of likely N-dealkylation sites (tertiary alicyclic amines) is 1. The molecule has 0 aliphatic carbocycles. The van der Waals surface area contributed by atoms with Crippen molar-refractivity contribution in [3.05, 3.63) is 54.1 Å². The Balaban J connectivity index is 1.44. The molecule has 2 N–H and O–H groups in total. The number of carbonyl (C=O) groups is 1. The van der Waals surface area contributed by atoms with Crippen molar-refractivity contribution >= 4 is 17.3 Å². The average Bonchev–Trinajstić information content (AvgIpc) is 2.97. The first-order valence-corrected chi connectivity index (χ1v) is 10.7. The number of carbonyl (C=O) groups excluding carboxylic acids is 1. The number of benzene rings is 2. The summed E-state index contributed by atoms with van der Waals surface area (Å²) in [5, 5.41) is 6.42. The van der Waals surface area contributed by atoms with Gasteiger partial charge in [0.2, 0.25) is 5.91 Å². The van der Waals surface area contributed by atoms with Gasteiger partial charge in [-0.3, -0.25) is 9.69 Å². The largest absolute Gasteiger partial charge is 0.491 e. The van der Waals surface area contributed by atoms with Crippen LogP contribution in [0, 0.1) is 0 Å². The Hall–Kier alpha value is -2.53. The van der Waals surface area contributed by atoms with Crippen molar-refractivity contribution in [1.82, 2.24) is 4.90 Å². The Morgan fingerprint density at radius 3 is 2.17 bits per heavy atom. The van der Waals surface area contributed by atoms with E-state index in [1.807, 2.05) is 50.2 Å². The molecule has 156 valence electrons. The van der Waals surface area contributed by atoms with Crippen LogP contribution in [0.3, 0.4) is 0 Å². The van der Waals surface area contributed by atoms with Gasteiger partial charge in [0.25, 0.3) is 0 Å². The highest BCUT2D eigenvalue weighted by Gasteiger charge is 2.13. The number of hydrogen-bond donors (Lipinski definition) is 2. The SMILES string of the molecule is CC(C)Oc1ccc(CNc2ccc(NC(=O)CN3CCCCCC3)cc2)cc1. The quantitative estimate of drug-likeness (QED) is 0.667. The van der Waals surface area contributed by atoms with Gasteiger partial charge < -0.3 is 15.4 Å². The van der Waals surface area contributed by atoms with Crippen LogP contribution in [-0.2, 0) is 11.3 Å². The molecule has 5 nitrogen and oxygen atoms in total. The number of anilines is 2. The van der Waals surface area contributed by atoms with Crippen LogP contribution in [-0.4, -0.2) is 36.5 Å². The zero-order valence-corrected chi connectivity index (χ0v) is 17.6. The van der Waals surface area contributed by atoms with Crippen LogP contribution in [0.2, 0.25) is 0 Å². The fourth-order valence-electron chi connectivity index (χ4n) is 3.53. The normalized spacial score (nSPS) is 15.0. The van der Waals surface area contributed by atoms with Crippen LogP contribution < -0.4 is 15.4 Å². The molecule has 0 aromatic heterocycles. The molecule has 1 heterocycles. The van der Waals surface area contributed by atoms with Crippen molar-refractivity contribution in [2.45, 2.75) is 52.2 Å². The predicted molar refractivity (Wildman–Crippen MR) is 120 cm³/mol. The second kappa shape index (κ2) is 10.9. The second-order valence-electron chi connectivity index (χ2n) is 7.98. The Bertz CT molecular complexity index is 749. The summed E-state index contributed by atoms with van der Waals surface area (Å²) in [5.74, 6) is 0.959. The maximum atomic E-state index is 12.3. The molecule has 1 fully saturated rings. The van der Waals surface area contributed by atoms with E-state index in [2.05, 4.69) is 27.7 Å². The van der Waals surface area contributed by atoms with E-state index in [-0.39, 0.29) is 12.0 Å². The van der Waals surface area contributed by atoms with Crippen molar-refractivity contribution in [1.29, 1.82) is 0 Å². The van der Waals surface area contributed by atoms with Crippen molar-refractivity contribution in [3.63, 3.8) is 0 Å². The zero-order valence-electron chi connectivity index (χ0n) is 17.6. The molecule has 1 aliphatic rings. The number of nitrogens with one attached hydrogen (secondary N) is 2. The molecule has 5 heteroatoms. The fraction of sp³-hybridized carbons (Fsp3) is 0.458. The summed E-state index contributed by atoms with van der Waals surface area (Å²) >= 11 is 0. The summed E-state index contributed by atoms with van der Waals surface area (Å²) in [4.78, 5) is 14.6. The van der Waals surface area contributed by atoms with Crippen LogP contribution in [0.1, 0.15) is 45.1 Å². The van der Waals surface area contributed by atoms with Gasteiger partial charge in [0, 0.05) is 17.9 Å². The van der Waals surface area contributed by atoms with Crippen LogP contribution in [0.4, 0.5) is 11.4 Å². The Kier molecular flexibility index (Phi) is 7.94. The Morgan fingerprint density at radius 1 is 0.931 bits per heavy atom. The van der Waals surface area contributed by atoms with E-state index < -0.39 is 0 Å². The number of rotatable bonds is 8. The third kappa shape index (κ3) is 7.42. The molecule has 1 amide bonds. The van der Waals surface area contributed by atoms with Gasteiger partial charge in [0.05, 0.1) is 12.6 Å². The summed E-state index contributed by atoms with van der Waals surface area (Å²) in [5.41, 5.74) is 3.06. The Morgan fingerprint density at radius 2 is 1.55 bits per heavy atom. The van der Waals surface area contributed by atoms with Crippen LogP contribution in [0.25, 0.3) is 0 Å². The Labute approximate surface area is 174 Å². The topological polar surface area (TPSA) is 53.6 Å². The maximum absolute atomic E-state index is 12.3. The minimum absolute atomic E-state index is 0.0660. The highest BCUT2D eigenvalue weighted by atomic mass is 16.5. The van der Waals surface area contributed by atoms with Crippen molar-refractivity contribution < 1.29 is 9.53 Å². The van der Waals surface area contributed by atoms with Crippen LogP contribution in [0.5, 0.6) is 5.75 Å². The molecule has 0 atom stereocenters. The van der Waals surface area contributed by atoms with E-state index in [0.717, 1.165) is 36.8 Å². The summed E-state index contributed by atoms with van der Waals surface area (Å²) < 4.78 is 5.67. The molecule has 2 aromatic rings. The van der Waals surface area contributed by atoms with E-state index in [9.17, 15) is 4.79 Å². The van der Waals surface area contributed by atoms with Crippen molar-refractivity contribution in [3.8, 4) is 5.75 Å². The molecule has 0 bridgehead atoms. The lowest BCUT2D eigenvalue weighted by molar-refractivity contribution is -0.117. The second-order valence-corrected chi connectivity index (χ2v) is 7.98. The molecular formula is C24H33N3O2. The van der Waals surface area contributed by atoms with Gasteiger partial charge in [-0.05, 0) is 81.7 Å². The number of ether oxygens (including phenoxy) is 1. The van der Waals surface area contributed by atoms with Gasteiger partial charge >= 0.3 is 0 Å². The van der Waals surface area contributed by atoms with Gasteiger partial charge in [-0.2, -0.15) is 0 Å². The van der Waals surface area contributed by atoms with E-state index >= 15 is 0 Å². The van der Waals surface area contributed by atoms with Gasteiger partial charge in [-0.25, -0.2) is 0 Å². The van der Waals surface area contributed by atoms with Crippen molar-refractivity contribution in [2.75, 3.05) is 30.3 Å². The molecule has 0 spiro atoms. The summed E-state index contributed by atoms with van der Waals surface area (Å²) in [6.07, 6.45) is 5.13. The van der Waals surface area contributed by atoms with E-state index in [0.29, 0.717) is 6.54 Å². The molecule has 1 aliphatic heterocycles. The number of hydrogen-bond acceptors (Lipinski definition) is 4. The molecule has 1 saturated heterocycles. The van der Waals surface area contributed by atoms with Gasteiger partial charge in [-0.1, -0.05) is 25.0 Å². The molecule has 2 aromatic carbocycles. The average molecular weight is 396 g/mol. The van der Waals surface area contributed by atoms with Crippen LogP contribution in [0.15, 0.2) is 48.5 Å². The smallest absolute Gasteiger partial charge is 0.238 e. The summed E-state index contributed by atoms with van der Waals surface area (Å²) in [7, 11) is 0. The molecule has 0 radical (unpaired) electrons. The van der Waals surface area contributed by atoms with Gasteiger partial charge in [-0.15, -0.1) is 0 Å². The fourth-order valence-corrected chi connectivity index (χ4v) is 3.53. The standard InChI is InChI=1S/C24H33N3O2/c1-19(2)29-23-13-7-20(8-14-23)17-25-21-9-11-22(12-10-21)26-24(28)18-27-15-5-3-4-6-16-27/h7-14,19,25H,3-6,15-18H2,1-2H3,(H,26,28). The molecule has 0 unspecified atom stereocenters. The maximum Gasteiger partial charge on any atom is 0.238 e. The lowest BCUT2D eigenvalue weighted by atomic mass is 10.2. The summed E-state index contributed by atoms with van der Waals surface area (Å²) in [6, 6.07) is 16.0. The first-order valence-electron chi connectivity index (χ1n) is 10.7. The minimum atomic E-state index is 0.0660. The highest BCUT2D eigenvalue weighted by Crippen LogP contribution is 2.17. The monoisotopic (exact) mass is 395 g/mol. The molecule has 0 saturated carbocycles. The highest BCUT2D eigenvalue weighted by molar-refractivity contribution is 5.92. The lowest BCUT2D eigenvalue weighted by Crippen LogP contribution is -2.33. The third-order valence-electron chi connectivity index (χ3n) is 5.03. The van der Waals surface area contributed by atoms with Gasteiger partial charge in [0.15, 0.2) is 0 Å². The third-order valence-corrected chi connectivity index (χ3v) is 5.03. The van der Waals surface area contributed by atoms with Crippen molar-refractivity contribution in [2.24, 2.45) is 0 Å². The van der Waals surface area contributed by atoms with E-state index in [4.69, 9.17) is 4.74 Å². The molecule has 3 rings (SSSR count).